The standard InChI is InChI=1S/C16H12BrF2NO3/c17-11-6-2-1-4-9(11)8-13(16(22)23)20-15(21)10-5-3-7-12(18)14(10)19/h1-7,13H,8H2,(H,20,21)(H,22,23)/t13-/m0/s1. The molecular weight excluding hydrogens is 372 g/mol. The SMILES string of the molecule is O=C(N[C@@H](Cc1ccccc1Br)C(=O)O)c1cccc(F)c1F. The average molecular weight is 384 g/mol. The van der Waals surface area contributed by atoms with Gasteiger partial charge >= 0.3 is 5.97 Å². The molecule has 23 heavy (non-hydrogen) atoms. The van der Waals surface area contributed by atoms with Crippen molar-refractivity contribution in [3.8, 4) is 0 Å². The molecule has 0 aromatic heterocycles. The van der Waals surface area contributed by atoms with Crippen molar-refractivity contribution in [1.82, 2.24) is 5.32 Å². The van der Waals surface area contributed by atoms with Crippen LogP contribution in [0.15, 0.2) is 46.9 Å². The van der Waals surface area contributed by atoms with Crippen LogP contribution in [0.2, 0.25) is 0 Å². The first-order valence-electron chi connectivity index (χ1n) is 6.61. The van der Waals surface area contributed by atoms with Crippen LogP contribution in [-0.4, -0.2) is 23.0 Å². The molecule has 0 spiro atoms. The highest BCUT2D eigenvalue weighted by Crippen LogP contribution is 2.18. The van der Waals surface area contributed by atoms with E-state index in [0.29, 0.717) is 10.0 Å². The van der Waals surface area contributed by atoms with Gasteiger partial charge in [-0.2, -0.15) is 0 Å². The fourth-order valence-corrected chi connectivity index (χ4v) is 2.45. The van der Waals surface area contributed by atoms with Gasteiger partial charge in [0, 0.05) is 10.9 Å². The van der Waals surface area contributed by atoms with E-state index in [1.54, 1.807) is 24.3 Å². The molecule has 0 bridgehead atoms. The number of halogens is 3. The molecule has 2 rings (SSSR count). The third-order valence-electron chi connectivity index (χ3n) is 3.18. The lowest BCUT2D eigenvalue weighted by Gasteiger charge is -2.16. The van der Waals surface area contributed by atoms with E-state index in [1.807, 2.05) is 0 Å². The summed E-state index contributed by atoms with van der Waals surface area (Å²) in [6.45, 7) is 0. The third kappa shape index (κ3) is 4.13. The third-order valence-corrected chi connectivity index (χ3v) is 3.96. The second kappa shape index (κ2) is 7.32. The summed E-state index contributed by atoms with van der Waals surface area (Å²) in [6, 6.07) is 8.81. The normalized spacial score (nSPS) is 11.8. The molecule has 4 nitrogen and oxygen atoms in total. The number of hydrogen-bond acceptors (Lipinski definition) is 2. The largest absolute Gasteiger partial charge is 0.480 e. The van der Waals surface area contributed by atoms with Crippen molar-refractivity contribution in [3.63, 3.8) is 0 Å². The first-order chi connectivity index (χ1) is 10.9. The fraction of sp³-hybridized carbons (Fsp3) is 0.125. The molecule has 2 aromatic rings. The van der Waals surface area contributed by atoms with Crippen molar-refractivity contribution in [2.75, 3.05) is 0 Å². The van der Waals surface area contributed by atoms with E-state index in [4.69, 9.17) is 0 Å². The second-order valence-electron chi connectivity index (χ2n) is 4.76. The molecule has 0 saturated carbocycles. The van der Waals surface area contributed by atoms with Crippen molar-refractivity contribution < 1.29 is 23.5 Å². The van der Waals surface area contributed by atoms with E-state index in [0.717, 1.165) is 12.1 Å². The molecule has 0 radical (unpaired) electrons. The maximum atomic E-state index is 13.6. The summed E-state index contributed by atoms with van der Waals surface area (Å²) in [5.41, 5.74) is 0.128. The van der Waals surface area contributed by atoms with Gasteiger partial charge in [-0.05, 0) is 23.8 Å². The number of amides is 1. The van der Waals surface area contributed by atoms with E-state index < -0.39 is 35.1 Å². The van der Waals surface area contributed by atoms with Crippen molar-refractivity contribution >= 4 is 27.8 Å². The Bertz CT molecular complexity index is 752. The Kier molecular flexibility index (Phi) is 5.44. The van der Waals surface area contributed by atoms with Crippen LogP contribution in [0.25, 0.3) is 0 Å². The molecule has 0 aliphatic rings. The number of benzene rings is 2. The van der Waals surface area contributed by atoms with E-state index in [9.17, 15) is 23.5 Å². The topological polar surface area (TPSA) is 66.4 Å². The molecule has 7 heteroatoms. The average Bonchev–Trinajstić information content (AvgIpc) is 2.51. The molecule has 0 fully saturated rings. The van der Waals surface area contributed by atoms with E-state index in [2.05, 4.69) is 21.2 Å². The predicted octanol–water partition coefficient (Wildman–Crippen LogP) is 3.15. The molecule has 0 saturated heterocycles. The number of rotatable bonds is 5. The van der Waals surface area contributed by atoms with Crippen LogP contribution in [-0.2, 0) is 11.2 Å². The van der Waals surface area contributed by atoms with Gasteiger partial charge in [0.2, 0.25) is 0 Å². The van der Waals surface area contributed by atoms with Crippen molar-refractivity contribution in [2.45, 2.75) is 12.5 Å². The minimum absolute atomic E-state index is 0.000564. The maximum Gasteiger partial charge on any atom is 0.326 e. The Balaban J connectivity index is 2.20. The van der Waals surface area contributed by atoms with Gasteiger partial charge in [0.25, 0.3) is 5.91 Å². The van der Waals surface area contributed by atoms with Crippen LogP contribution in [0.5, 0.6) is 0 Å². The van der Waals surface area contributed by atoms with Gasteiger partial charge in [0.05, 0.1) is 5.56 Å². The number of nitrogens with one attached hydrogen (secondary N) is 1. The molecule has 2 aromatic carbocycles. The Labute approximate surface area is 139 Å². The number of carboxylic acids is 1. The number of aliphatic carboxylic acids is 1. The van der Waals surface area contributed by atoms with Crippen LogP contribution in [0, 0.1) is 11.6 Å². The highest BCUT2D eigenvalue weighted by Gasteiger charge is 2.24. The molecule has 120 valence electrons. The quantitative estimate of drug-likeness (QED) is 0.833. The van der Waals surface area contributed by atoms with Gasteiger partial charge in [-0.1, -0.05) is 40.2 Å². The Morgan fingerprint density at radius 1 is 1.13 bits per heavy atom. The summed E-state index contributed by atoms with van der Waals surface area (Å²) in [5.74, 6) is -4.74. The van der Waals surface area contributed by atoms with Crippen LogP contribution in [0.1, 0.15) is 15.9 Å². The van der Waals surface area contributed by atoms with Crippen LogP contribution < -0.4 is 5.32 Å². The number of carboxylic acid groups (broad SMARTS) is 1. The highest BCUT2D eigenvalue weighted by atomic mass is 79.9. The molecule has 0 unspecified atom stereocenters. The lowest BCUT2D eigenvalue weighted by atomic mass is 10.1. The second-order valence-corrected chi connectivity index (χ2v) is 5.62. The lowest BCUT2D eigenvalue weighted by molar-refractivity contribution is -0.139. The zero-order valence-electron chi connectivity index (χ0n) is 11.7. The zero-order valence-corrected chi connectivity index (χ0v) is 13.3. The van der Waals surface area contributed by atoms with Crippen molar-refractivity contribution in [3.05, 3.63) is 69.7 Å². The Hall–Kier alpha value is -2.28. The number of hydrogen-bond donors (Lipinski definition) is 2. The summed E-state index contributed by atoms with van der Waals surface area (Å²) in [5, 5.41) is 11.5. The molecule has 0 heterocycles. The van der Waals surface area contributed by atoms with Crippen LogP contribution >= 0.6 is 15.9 Å². The first kappa shape index (κ1) is 17.1. The van der Waals surface area contributed by atoms with Gasteiger partial charge in [-0.15, -0.1) is 0 Å². The maximum absolute atomic E-state index is 13.6. The number of carbonyl (C=O) groups is 2. The summed E-state index contributed by atoms with van der Waals surface area (Å²) in [7, 11) is 0. The van der Waals surface area contributed by atoms with Gasteiger partial charge in [0.15, 0.2) is 11.6 Å². The molecule has 1 atom stereocenters. The highest BCUT2D eigenvalue weighted by molar-refractivity contribution is 9.10. The molecule has 0 aliphatic heterocycles. The Morgan fingerprint density at radius 2 is 1.83 bits per heavy atom. The van der Waals surface area contributed by atoms with Crippen LogP contribution in [0.3, 0.4) is 0 Å². The molecule has 0 aliphatic carbocycles. The molecular formula is C16H12BrF2NO3. The number of carbonyl (C=O) groups excluding carboxylic acids is 1. The minimum atomic E-state index is -1.31. The summed E-state index contributed by atoms with van der Waals surface area (Å²) < 4.78 is 27.5. The zero-order chi connectivity index (χ0) is 17.0. The van der Waals surface area contributed by atoms with Crippen molar-refractivity contribution in [2.24, 2.45) is 0 Å². The predicted molar refractivity (Wildman–Crippen MR) is 83.1 cm³/mol. The van der Waals surface area contributed by atoms with Crippen molar-refractivity contribution in [1.29, 1.82) is 0 Å². The lowest BCUT2D eigenvalue weighted by Crippen LogP contribution is -2.42. The van der Waals surface area contributed by atoms with Gasteiger partial charge < -0.3 is 10.4 Å². The minimum Gasteiger partial charge on any atom is -0.480 e. The van der Waals surface area contributed by atoms with E-state index in [-0.39, 0.29) is 6.42 Å². The molecule has 1 amide bonds. The summed E-state index contributed by atoms with van der Waals surface area (Å²) in [6.07, 6.45) is -0.000564. The smallest absolute Gasteiger partial charge is 0.326 e. The first-order valence-corrected chi connectivity index (χ1v) is 7.40. The van der Waals surface area contributed by atoms with Gasteiger partial charge in [-0.3, -0.25) is 4.79 Å². The summed E-state index contributed by atoms with van der Waals surface area (Å²) >= 11 is 3.29. The van der Waals surface area contributed by atoms with E-state index >= 15 is 0 Å². The van der Waals surface area contributed by atoms with Gasteiger partial charge in [0.1, 0.15) is 6.04 Å². The van der Waals surface area contributed by atoms with E-state index in [1.165, 1.54) is 6.07 Å². The fourth-order valence-electron chi connectivity index (χ4n) is 2.00. The Morgan fingerprint density at radius 3 is 2.48 bits per heavy atom. The molecule has 2 N–H and O–H groups in total. The van der Waals surface area contributed by atoms with Gasteiger partial charge in [-0.25, -0.2) is 13.6 Å². The summed E-state index contributed by atoms with van der Waals surface area (Å²) in [4.78, 5) is 23.4. The van der Waals surface area contributed by atoms with Crippen LogP contribution in [0.4, 0.5) is 8.78 Å². The monoisotopic (exact) mass is 383 g/mol.